The van der Waals surface area contributed by atoms with E-state index in [9.17, 15) is 8.42 Å². The summed E-state index contributed by atoms with van der Waals surface area (Å²) in [5.74, 6) is 0. The highest BCUT2D eigenvalue weighted by Gasteiger charge is 2.30. The molecule has 0 aliphatic heterocycles. The Morgan fingerprint density at radius 3 is 2.72 bits per heavy atom. The number of nitrogens with zero attached hydrogens (tertiary/aromatic N) is 1. The molecule has 0 unspecified atom stereocenters. The molecule has 1 aromatic rings. The first-order valence-corrected chi connectivity index (χ1v) is 7.57. The molecule has 0 aromatic heterocycles. The Balaban J connectivity index is 2.08. The number of hydrogen-bond donors (Lipinski definition) is 2. The average molecular weight is 269 g/mol. The summed E-state index contributed by atoms with van der Waals surface area (Å²) in [6.07, 6.45) is 1.88. The summed E-state index contributed by atoms with van der Waals surface area (Å²) in [7, 11) is -3.38. The van der Waals surface area contributed by atoms with Gasteiger partial charge in [-0.1, -0.05) is 19.1 Å². The van der Waals surface area contributed by atoms with E-state index >= 15 is 0 Å². The number of anilines is 1. The van der Waals surface area contributed by atoms with E-state index in [1.165, 1.54) is 4.31 Å². The molecule has 0 amide bonds. The van der Waals surface area contributed by atoms with Gasteiger partial charge in [0.15, 0.2) is 0 Å². The normalized spacial score (nSPS) is 16.1. The van der Waals surface area contributed by atoms with Gasteiger partial charge in [0, 0.05) is 24.8 Å². The molecule has 1 aliphatic carbocycles. The van der Waals surface area contributed by atoms with Crippen molar-refractivity contribution in [2.75, 3.05) is 12.3 Å². The molecule has 0 spiro atoms. The van der Waals surface area contributed by atoms with Gasteiger partial charge in [-0.25, -0.2) is 0 Å². The molecule has 5 nitrogen and oxygen atoms in total. The first kappa shape index (κ1) is 13.3. The van der Waals surface area contributed by atoms with Crippen LogP contribution in [0.25, 0.3) is 0 Å². The molecular formula is C12H19N3O2S. The summed E-state index contributed by atoms with van der Waals surface area (Å²) >= 11 is 0. The highest BCUT2D eigenvalue weighted by molar-refractivity contribution is 7.87. The Kier molecular flexibility index (Phi) is 3.89. The summed E-state index contributed by atoms with van der Waals surface area (Å²) in [5.41, 5.74) is 7.24. The van der Waals surface area contributed by atoms with E-state index in [-0.39, 0.29) is 6.04 Å². The van der Waals surface area contributed by atoms with Crippen LogP contribution in [0.5, 0.6) is 0 Å². The molecule has 6 heteroatoms. The summed E-state index contributed by atoms with van der Waals surface area (Å²) in [6, 6.07) is 7.43. The van der Waals surface area contributed by atoms with Gasteiger partial charge >= 0.3 is 0 Å². The van der Waals surface area contributed by atoms with Crippen molar-refractivity contribution in [1.82, 2.24) is 9.03 Å². The smallest absolute Gasteiger partial charge is 0.279 e. The van der Waals surface area contributed by atoms with Crippen molar-refractivity contribution < 1.29 is 8.42 Å². The van der Waals surface area contributed by atoms with Crippen LogP contribution in [0.1, 0.15) is 25.3 Å². The minimum atomic E-state index is -3.38. The molecule has 1 aromatic carbocycles. The predicted molar refractivity (Wildman–Crippen MR) is 72.0 cm³/mol. The van der Waals surface area contributed by atoms with Crippen molar-refractivity contribution in [1.29, 1.82) is 0 Å². The average Bonchev–Trinajstić information content (AvgIpc) is 3.09. The number of nitrogens with one attached hydrogen (secondary N) is 1. The van der Waals surface area contributed by atoms with Crippen LogP contribution < -0.4 is 10.5 Å². The van der Waals surface area contributed by atoms with E-state index in [4.69, 9.17) is 5.73 Å². The fraction of sp³-hybridized carbons (Fsp3) is 0.500. The Labute approximate surface area is 108 Å². The topological polar surface area (TPSA) is 75.4 Å². The van der Waals surface area contributed by atoms with Gasteiger partial charge in [0.25, 0.3) is 10.2 Å². The molecule has 0 atom stereocenters. The van der Waals surface area contributed by atoms with Gasteiger partial charge in [0.05, 0.1) is 0 Å². The second-order valence-corrected chi connectivity index (χ2v) is 6.27. The van der Waals surface area contributed by atoms with E-state index in [2.05, 4.69) is 4.72 Å². The van der Waals surface area contributed by atoms with Crippen LogP contribution in [0.4, 0.5) is 5.69 Å². The predicted octanol–water partition coefficient (Wildman–Crippen LogP) is 1.09. The maximum atomic E-state index is 12.1. The van der Waals surface area contributed by atoms with Crippen LogP contribution in [0, 0.1) is 0 Å². The van der Waals surface area contributed by atoms with Crippen molar-refractivity contribution in [2.24, 2.45) is 0 Å². The zero-order chi connectivity index (χ0) is 13.2. The lowest BCUT2D eigenvalue weighted by Crippen LogP contribution is -2.41. The standard InChI is InChI=1S/C12H19N3O2S/c1-2-15(18(16,17)14-12-6-7-12)9-10-4-3-5-11(13)8-10/h3-5,8,12,14H,2,6-7,9,13H2,1H3. The van der Waals surface area contributed by atoms with Gasteiger partial charge in [-0.2, -0.15) is 17.4 Å². The molecule has 1 fully saturated rings. The van der Waals surface area contributed by atoms with Gasteiger partial charge in [0.2, 0.25) is 0 Å². The maximum Gasteiger partial charge on any atom is 0.279 e. The van der Waals surface area contributed by atoms with Gasteiger partial charge in [0.1, 0.15) is 0 Å². The fourth-order valence-corrected chi connectivity index (χ4v) is 3.21. The largest absolute Gasteiger partial charge is 0.399 e. The molecule has 1 aliphatic rings. The molecule has 0 bridgehead atoms. The molecule has 1 saturated carbocycles. The number of nitrogen functional groups attached to an aromatic ring is 1. The van der Waals surface area contributed by atoms with Crippen molar-refractivity contribution in [2.45, 2.75) is 32.4 Å². The van der Waals surface area contributed by atoms with Crippen molar-refractivity contribution in [3.63, 3.8) is 0 Å². The summed E-state index contributed by atoms with van der Waals surface area (Å²) in [5, 5.41) is 0. The zero-order valence-corrected chi connectivity index (χ0v) is 11.3. The molecule has 2 rings (SSSR count). The van der Waals surface area contributed by atoms with Crippen molar-refractivity contribution in [3.05, 3.63) is 29.8 Å². The summed E-state index contributed by atoms with van der Waals surface area (Å²) in [6.45, 7) is 2.62. The van der Waals surface area contributed by atoms with Crippen LogP contribution in [-0.4, -0.2) is 25.3 Å². The lowest BCUT2D eigenvalue weighted by atomic mass is 10.2. The molecule has 100 valence electrons. The zero-order valence-electron chi connectivity index (χ0n) is 10.5. The minimum absolute atomic E-state index is 0.130. The molecule has 0 heterocycles. The van der Waals surface area contributed by atoms with E-state index in [1.54, 1.807) is 12.1 Å². The Morgan fingerprint density at radius 2 is 2.17 bits per heavy atom. The highest BCUT2D eigenvalue weighted by Crippen LogP contribution is 2.21. The number of hydrogen-bond acceptors (Lipinski definition) is 3. The number of rotatable bonds is 6. The maximum absolute atomic E-state index is 12.1. The summed E-state index contributed by atoms with van der Waals surface area (Å²) in [4.78, 5) is 0. The number of nitrogens with two attached hydrogens (primary N) is 1. The van der Waals surface area contributed by atoms with Gasteiger partial charge in [-0.05, 0) is 30.5 Å². The molecule has 0 radical (unpaired) electrons. The minimum Gasteiger partial charge on any atom is -0.399 e. The Bertz CT molecular complexity index is 512. The number of benzene rings is 1. The van der Waals surface area contributed by atoms with Crippen LogP contribution in [0.15, 0.2) is 24.3 Å². The van der Waals surface area contributed by atoms with E-state index in [1.807, 2.05) is 19.1 Å². The summed E-state index contributed by atoms with van der Waals surface area (Å²) < 4.78 is 28.3. The Morgan fingerprint density at radius 1 is 1.44 bits per heavy atom. The third kappa shape index (κ3) is 3.44. The molecular weight excluding hydrogens is 250 g/mol. The van der Waals surface area contributed by atoms with Crippen molar-refractivity contribution >= 4 is 15.9 Å². The van der Waals surface area contributed by atoms with E-state index in [0.29, 0.717) is 18.8 Å². The van der Waals surface area contributed by atoms with Gasteiger partial charge < -0.3 is 5.73 Å². The third-order valence-corrected chi connectivity index (χ3v) is 4.59. The van der Waals surface area contributed by atoms with Crippen LogP contribution in [-0.2, 0) is 16.8 Å². The van der Waals surface area contributed by atoms with Gasteiger partial charge in [-0.15, -0.1) is 0 Å². The first-order valence-electron chi connectivity index (χ1n) is 6.13. The van der Waals surface area contributed by atoms with Crippen molar-refractivity contribution in [3.8, 4) is 0 Å². The van der Waals surface area contributed by atoms with E-state index in [0.717, 1.165) is 18.4 Å². The van der Waals surface area contributed by atoms with E-state index < -0.39 is 10.2 Å². The highest BCUT2D eigenvalue weighted by atomic mass is 32.2. The lowest BCUT2D eigenvalue weighted by molar-refractivity contribution is 0.414. The molecule has 3 N–H and O–H groups in total. The molecule has 0 saturated heterocycles. The first-order chi connectivity index (χ1) is 8.51. The Hall–Kier alpha value is -1.11. The quantitative estimate of drug-likeness (QED) is 0.759. The second kappa shape index (κ2) is 5.26. The second-order valence-electron chi connectivity index (χ2n) is 4.57. The van der Waals surface area contributed by atoms with Crippen LogP contribution in [0.2, 0.25) is 0 Å². The van der Waals surface area contributed by atoms with Crippen LogP contribution >= 0.6 is 0 Å². The fourth-order valence-electron chi connectivity index (χ4n) is 1.75. The third-order valence-electron chi connectivity index (χ3n) is 2.90. The van der Waals surface area contributed by atoms with Crippen LogP contribution in [0.3, 0.4) is 0 Å². The SMILES string of the molecule is CCN(Cc1cccc(N)c1)S(=O)(=O)NC1CC1. The molecule has 18 heavy (non-hydrogen) atoms. The monoisotopic (exact) mass is 269 g/mol. The lowest BCUT2D eigenvalue weighted by Gasteiger charge is -2.21. The van der Waals surface area contributed by atoms with Gasteiger partial charge in [-0.3, -0.25) is 0 Å².